The maximum absolute atomic E-state index is 8.61. The van der Waals surface area contributed by atoms with Crippen LogP contribution in [0, 0.1) is 5.41 Å². The Balaban J connectivity index is 1.59. The summed E-state index contributed by atoms with van der Waals surface area (Å²) >= 11 is 0. The third kappa shape index (κ3) is 3.44. The standard InChI is InChI=1S/C24H29N3/c1-2-27-23-9-4-3-8-20(23)21-15-19(11-13-24(21)27)22(26)12-10-17-6-5-7-18(14-17)16-25/h5-7,11,13-15,26H,2-4,8-10,12,16,25H2,1H3. The Morgan fingerprint density at radius 1 is 1.07 bits per heavy atom. The van der Waals surface area contributed by atoms with Crippen LogP contribution < -0.4 is 5.73 Å². The first-order chi connectivity index (χ1) is 13.2. The molecule has 1 aromatic heterocycles. The molecule has 140 valence electrons. The summed E-state index contributed by atoms with van der Waals surface area (Å²) in [6.45, 7) is 3.83. The number of aromatic nitrogens is 1. The van der Waals surface area contributed by atoms with E-state index >= 15 is 0 Å². The fourth-order valence-corrected chi connectivity index (χ4v) is 4.51. The van der Waals surface area contributed by atoms with Crippen LogP contribution in [-0.4, -0.2) is 10.3 Å². The minimum atomic E-state index is 0.571. The van der Waals surface area contributed by atoms with Crippen molar-refractivity contribution in [1.29, 1.82) is 5.41 Å². The number of hydrogen-bond acceptors (Lipinski definition) is 2. The molecule has 3 aromatic rings. The van der Waals surface area contributed by atoms with Gasteiger partial charge >= 0.3 is 0 Å². The smallest absolute Gasteiger partial charge is 0.0485 e. The molecule has 0 amide bonds. The molecule has 0 radical (unpaired) electrons. The second-order valence-corrected chi connectivity index (χ2v) is 7.61. The van der Waals surface area contributed by atoms with Gasteiger partial charge in [-0.1, -0.05) is 30.3 Å². The summed E-state index contributed by atoms with van der Waals surface area (Å²) in [7, 11) is 0. The molecule has 1 aliphatic carbocycles. The first-order valence-corrected chi connectivity index (χ1v) is 10.2. The number of hydrogen-bond donors (Lipinski definition) is 2. The van der Waals surface area contributed by atoms with Gasteiger partial charge in [0.15, 0.2) is 0 Å². The van der Waals surface area contributed by atoms with Crippen LogP contribution >= 0.6 is 0 Å². The highest BCUT2D eigenvalue weighted by Crippen LogP contribution is 2.33. The van der Waals surface area contributed by atoms with Crippen LogP contribution in [0.3, 0.4) is 0 Å². The zero-order chi connectivity index (χ0) is 18.8. The van der Waals surface area contributed by atoms with Gasteiger partial charge in [0.25, 0.3) is 0 Å². The summed E-state index contributed by atoms with van der Waals surface area (Å²) in [6, 6.07) is 15.1. The fraction of sp³-hybridized carbons (Fsp3) is 0.375. The number of rotatable bonds is 6. The van der Waals surface area contributed by atoms with Crippen molar-refractivity contribution in [1.82, 2.24) is 4.57 Å². The molecule has 3 heteroatoms. The summed E-state index contributed by atoms with van der Waals surface area (Å²) in [5.41, 5.74) is 14.4. The normalized spacial score (nSPS) is 13.7. The lowest BCUT2D eigenvalue weighted by molar-refractivity contribution is 0.630. The molecule has 0 saturated heterocycles. The molecule has 1 heterocycles. The van der Waals surface area contributed by atoms with Gasteiger partial charge in [0.1, 0.15) is 0 Å². The molecule has 0 unspecified atom stereocenters. The van der Waals surface area contributed by atoms with Crippen molar-refractivity contribution in [3.05, 3.63) is 70.4 Å². The van der Waals surface area contributed by atoms with E-state index < -0.39 is 0 Å². The second kappa shape index (κ2) is 7.69. The Morgan fingerprint density at radius 2 is 1.89 bits per heavy atom. The molecule has 3 N–H and O–H groups in total. The fourth-order valence-electron chi connectivity index (χ4n) is 4.51. The van der Waals surface area contributed by atoms with Crippen LogP contribution in [0.2, 0.25) is 0 Å². The van der Waals surface area contributed by atoms with E-state index in [1.165, 1.54) is 53.4 Å². The Labute approximate surface area is 161 Å². The van der Waals surface area contributed by atoms with Crippen LogP contribution in [-0.2, 0) is 32.4 Å². The van der Waals surface area contributed by atoms with Crippen molar-refractivity contribution in [2.45, 2.75) is 58.5 Å². The first kappa shape index (κ1) is 18.0. The molecule has 0 atom stereocenters. The zero-order valence-corrected chi connectivity index (χ0v) is 16.2. The van der Waals surface area contributed by atoms with Gasteiger partial charge in [-0.05, 0) is 79.8 Å². The van der Waals surface area contributed by atoms with Gasteiger partial charge in [0, 0.05) is 35.4 Å². The first-order valence-electron chi connectivity index (χ1n) is 10.2. The molecule has 0 fully saturated rings. The third-order valence-corrected chi connectivity index (χ3v) is 5.93. The summed E-state index contributed by atoms with van der Waals surface area (Å²) in [5.74, 6) is 0. The Kier molecular flexibility index (Phi) is 5.13. The molecule has 4 rings (SSSR count). The van der Waals surface area contributed by atoms with Crippen LogP contribution in [0.5, 0.6) is 0 Å². The molecular weight excluding hydrogens is 330 g/mol. The van der Waals surface area contributed by atoms with Crippen LogP contribution in [0.15, 0.2) is 42.5 Å². The number of nitrogens with one attached hydrogen (secondary N) is 1. The average Bonchev–Trinajstić information content (AvgIpc) is 3.05. The van der Waals surface area contributed by atoms with Gasteiger partial charge in [-0.25, -0.2) is 0 Å². The number of nitrogens with zero attached hydrogens (tertiary/aromatic N) is 1. The van der Waals surface area contributed by atoms with Gasteiger partial charge in [-0.2, -0.15) is 0 Å². The quantitative estimate of drug-likeness (QED) is 0.598. The minimum absolute atomic E-state index is 0.571. The van der Waals surface area contributed by atoms with E-state index in [9.17, 15) is 0 Å². The topological polar surface area (TPSA) is 54.8 Å². The van der Waals surface area contributed by atoms with Crippen LogP contribution in [0.4, 0.5) is 0 Å². The summed E-state index contributed by atoms with van der Waals surface area (Å²) in [4.78, 5) is 0. The lowest BCUT2D eigenvalue weighted by Crippen LogP contribution is -2.06. The van der Waals surface area contributed by atoms with Crippen LogP contribution in [0.1, 0.15) is 54.1 Å². The highest BCUT2D eigenvalue weighted by molar-refractivity contribution is 6.02. The van der Waals surface area contributed by atoms with E-state index in [0.717, 1.165) is 36.2 Å². The molecule has 3 nitrogen and oxygen atoms in total. The van der Waals surface area contributed by atoms with E-state index in [0.29, 0.717) is 6.54 Å². The van der Waals surface area contributed by atoms with Gasteiger partial charge in [-0.15, -0.1) is 0 Å². The van der Waals surface area contributed by atoms with Crippen molar-refractivity contribution in [2.75, 3.05) is 0 Å². The number of fused-ring (bicyclic) bond motifs is 3. The third-order valence-electron chi connectivity index (χ3n) is 5.93. The summed E-state index contributed by atoms with van der Waals surface area (Å²) in [5, 5.41) is 9.99. The summed E-state index contributed by atoms with van der Waals surface area (Å²) in [6.07, 6.45) is 6.61. The average molecular weight is 360 g/mol. The molecule has 0 bridgehead atoms. The van der Waals surface area contributed by atoms with Crippen molar-refractivity contribution < 1.29 is 0 Å². The Hall–Kier alpha value is -2.39. The van der Waals surface area contributed by atoms with Gasteiger partial charge in [0.2, 0.25) is 0 Å². The molecule has 27 heavy (non-hydrogen) atoms. The molecule has 0 spiro atoms. The molecule has 0 saturated carbocycles. The highest BCUT2D eigenvalue weighted by Gasteiger charge is 2.19. The van der Waals surface area contributed by atoms with E-state index in [-0.39, 0.29) is 0 Å². The Bertz CT molecular complexity index is 981. The number of benzene rings is 2. The lowest BCUT2D eigenvalue weighted by Gasteiger charge is -2.14. The maximum Gasteiger partial charge on any atom is 0.0485 e. The predicted octanol–water partition coefficient (Wildman–Crippen LogP) is 5.00. The monoisotopic (exact) mass is 359 g/mol. The van der Waals surface area contributed by atoms with Gasteiger partial charge in [-0.3, -0.25) is 0 Å². The van der Waals surface area contributed by atoms with E-state index in [4.69, 9.17) is 11.1 Å². The largest absolute Gasteiger partial charge is 0.345 e. The second-order valence-electron chi connectivity index (χ2n) is 7.61. The van der Waals surface area contributed by atoms with Gasteiger partial charge in [0.05, 0.1) is 0 Å². The molecular formula is C24H29N3. The minimum Gasteiger partial charge on any atom is -0.345 e. The molecule has 1 aliphatic rings. The van der Waals surface area contributed by atoms with E-state index in [2.05, 4.69) is 54.0 Å². The van der Waals surface area contributed by atoms with Crippen LogP contribution in [0.25, 0.3) is 10.9 Å². The lowest BCUT2D eigenvalue weighted by atomic mass is 9.94. The maximum atomic E-state index is 8.61. The highest BCUT2D eigenvalue weighted by atomic mass is 15.0. The number of nitrogens with two attached hydrogens (primary N) is 1. The molecule has 0 aliphatic heterocycles. The van der Waals surface area contributed by atoms with Crippen molar-refractivity contribution in [2.24, 2.45) is 5.73 Å². The SMILES string of the molecule is CCn1c2c(c3cc(C(=N)CCc4cccc(CN)c4)ccc31)CCCC2. The summed E-state index contributed by atoms with van der Waals surface area (Å²) < 4.78 is 2.48. The van der Waals surface area contributed by atoms with Crippen molar-refractivity contribution in [3.63, 3.8) is 0 Å². The Morgan fingerprint density at radius 3 is 2.70 bits per heavy atom. The molecule has 2 aromatic carbocycles. The van der Waals surface area contributed by atoms with E-state index in [1.54, 1.807) is 0 Å². The number of aryl methyl sites for hydroxylation is 3. The van der Waals surface area contributed by atoms with Crippen molar-refractivity contribution in [3.8, 4) is 0 Å². The van der Waals surface area contributed by atoms with Crippen molar-refractivity contribution >= 4 is 16.6 Å². The predicted molar refractivity (Wildman–Crippen MR) is 114 cm³/mol. The zero-order valence-electron chi connectivity index (χ0n) is 16.2. The van der Waals surface area contributed by atoms with Gasteiger partial charge < -0.3 is 15.7 Å². The van der Waals surface area contributed by atoms with E-state index in [1.807, 2.05) is 0 Å².